The standard InChI is InChI=1S/C11H12F3NO/c1-8(11(12,13)14)9(2)16-7-10-4-3-5-15-6-10/h3-6H,7H2,1-2H3. The third-order valence-corrected chi connectivity index (χ3v) is 2.13. The van der Waals surface area contributed by atoms with E-state index >= 15 is 0 Å². The molecule has 0 aliphatic heterocycles. The van der Waals surface area contributed by atoms with Crippen molar-refractivity contribution >= 4 is 0 Å². The molecule has 88 valence electrons. The molecule has 0 bridgehead atoms. The third-order valence-electron chi connectivity index (χ3n) is 2.13. The fourth-order valence-corrected chi connectivity index (χ4v) is 0.983. The van der Waals surface area contributed by atoms with Crippen LogP contribution in [0.2, 0.25) is 0 Å². The van der Waals surface area contributed by atoms with Crippen LogP contribution in [0.15, 0.2) is 35.9 Å². The number of allylic oxidation sites excluding steroid dienone is 2. The van der Waals surface area contributed by atoms with Crippen molar-refractivity contribution in [3.63, 3.8) is 0 Å². The Morgan fingerprint density at radius 3 is 2.56 bits per heavy atom. The molecule has 0 saturated heterocycles. The summed E-state index contributed by atoms with van der Waals surface area (Å²) in [4.78, 5) is 3.84. The molecule has 0 aromatic carbocycles. The maximum atomic E-state index is 12.3. The van der Waals surface area contributed by atoms with Crippen LogP contribution in [0.25, 0.3) is 0 Å². The average Bonchev–Trinajstić information content (AvgIpc) is 2.25. The lowest BCUT2D eigenvalue weighted by molar-refractivity contribution is -0.0951. The van der Waals surface area contributed by atoms with Gasteiger partial charge in [0.25, 0.3) is 0 Å². The zero-order valence-corrected chi connectivity index (χ0v) is 9.01. The predicted octanol–water partition coefficient (Wildman–Crippen LogP) is 3.45. The highest BCUT2D eigenvalue weighted by Gasteiger charge is 2.32. The van der Waals surface area contributed by atoms with Crippen molar-refractivity contribution in [2.75, 3.05) is 0 Å². The van der Waals surface area contributed by atoms with E-state index in [0.717, 1.165) is 12.5 Å². The van der Waals surface area contributed by atoms with Gasteiger partial charge in [-0.05, 0) is 19.9 Å². The third kappa shape index (κ3) is 3.56. The smallest absolute Gasteiger partial charge is 0.415 e. The number of hydrogen-bond acceptors (Lipinski definition) is 2. The van der Waals surface area contributed by atoms with Gasteiger partial charge in [0.2, 0.25) is 0 Å². The average molecular weight is 231 g/mol. The van der Waals surface area contributed by atoms with Crippen LogP contribution in [0, 0.1) is 0 Å². The number of pyridine rings is 1. The maximum absolute atomic E-state index is 12.3. The van der Waals surface area contributed by atoms with E-state index in [1.807, 2.05) is 0 Å². The minimum atomic E-state index is -4.33. The first kappa shape index (κ1) is 12.5. The normalized spacial score (nSPS) is 13.3. The Morgan fingerprint density at radius 2 is 2.06 bits per heavy atom. The summed E-state index contributed by atoms with van der Waals surface area (Å²) in [5.74, 6) is -0.114. The van der Waals surface area contributed by atoms with Gasteiger partial charge < -0.3 is 4.74 Å². The second-order valence-electron chi connectivity index (χ2n) is 3.33. The molecule has 0 saturated carbocycles. The number of nitrogens with zero attached hydrogens (tertiary/aromatic N) is 1. The lowest BCUT2D eigenvalue weighted by Gasteiger charge is -2.12. The van der Waals surface area contributed by atoms with Crippen LogP contribution in [-0.2, 0) is 11.3 Å². The molecule has 0 amide bonds. The molecule has 1 heterocycles. The zero-order chi connectivity index (χ0) is 12.2. The van der Waals surface area contributed by atoms with Gasteiger partial charge in [-0.3, -0.25) is 4.98 Å². The highest BCUT2D eigenvalue weighted by molar-refractivity contribution is 5.11. The molecule has 0 radical (unpaired) electrons. The number of rotatable bonds is 3. The summed E-state index contributed by atoms with van der Waals surface area (Å²) in [5, 5.41) is 0. The Morgan fingerprint density at radius 1 is 1.38 bits per heavy atom. The van der Waals surface area contributed by atoms with E-state index in [9.17, 15) is 13.2 Å². The Kier molecular flexibility index (Phi) is 3.93. The van der Waals surface area contributed by atoms with Crippen LogP contribution in [0.3, 0.4) is 0 Å². The highest BCUT2D eigenvalue weighted by Crippen LogP contribution is 2.28. The summed E-state index contributed by atoms with van der Waals surface area (Å²) in [6.45, 7) is 2.39. The van der Waals surface area contributed by atoms with Crippen molar-refractivity contribution in [3.05, 3.63) is 41.4 Å². The van der Waals surface area contributed by atoms with Crippen molar-refractivity contribution in [2.45, 2.75) is 26.6 Å². The van der Waals surface area contributed by atoms with Gasteiger partial charge in [-0.25, -0.2) is 0 Å². The molecule has 0 spiro atoms. The van der Waals surface area contributed by atoms with Gasteiger partial charge in [0.1, 0.15) is 12.4 Å². The molecule has 0 N–H and O–H groups in total. The first-order valence-electron chi connectivity index (χ1n) is 4.67. The van der Waals surface area contributed by atoms with Gasteiger partial charge in [-0.15, -0.1) is 0 Å². The summed E-state index contributed by atoms with van der Waals surface area (Å²) < 4.78 is 41.9. The van der Waals surface area contributed by atoms with Crippen LogP contribution in [0.4, 0.5) is 13.2 Å². The summed E-state index contributed by atoms with van der Waals surface area (Å²) >= 11 is 0. The Bertz CT molecular complexity index is 371. The quantitative estimate of drug-likeness (QED) is 0.743. The summed E-state index contributed by atoms with van der Waals surface area (Å²) in [6, 6.07) is 3.44. The molecule has 2 nitrogen and oxygen atoms in total. The highest BCUT2D eigenvalue weighted by atomic mass is 19.4. The van der Waals surface area contributed by atoms with Crippen LogP contribution in [0.5, 0.6) is 0 Å². The summed E-state index contributed by atoms with van der Waals surface area (Å²) in [5.41, 5.74) is 0.0215. The van der Waals surface area contributed by atoms with Gasteiger partial charge in [-0.1, -0.05) is 6.07 Å². The van der Waals surface area contributed by atoms with Crippen molar-refractivity contribution in [1.29, 1.82) is 0 Å². The van der Waals surface area contributed by atoms with Crippen molar-refractivity contribution in [3.8, 4) is 0 Å². The van der Waals surface area contributed by atoms with E-state index in [4.69, 9.17) is 4.74 Å². The minimum absolute atomic E-state index is 0.0904. The number of hydrogen-bond donors (Lipinski definition) is 0. The second kappa shape index (κ2) is 5.01. The van der Waals surface area contributed by atoms with Crippen molar-refractivity contribution in [2.24, 2.45) is 0 Å². The number of ether oxygens (including phenoxy) is 1. The van der Waals surface area contributed by atoms with E-state index in [1.54, 1.807) is 24.5 Å². The van der Waals surface area contributed by atoms with Gasteiger partial charge >= 0.3 is 6.18 Å². The van der Waals surface area contributed by atoms with Gasteiger partial charge in [-0.2, -0.15) is 13.2 Å². The SMILES string of the molecule is CC(OCc1cccnc1)=C(C)C(F)(F)F. The Hall–Kier alpha value is -1.52. The monoisotopic (exact) mass is 231 g/mol. The number of alkyl halides is 3. The molecule has 1 rings (SSSR count). The largest absolute Gasteiger partial charge is 0.493 e. The van der Waals surface area contributed by atoms with E-state index in [2.05, 4.69) is 4.98 Å². The second-order valence-corrected chi connectivity index (χ2v) is 3.33. The van der Waals surface area contributed by atoms with E-state index in [-0.39, 0.29) is 12.4 Å². The van der Waals surface area contributed by atoms with Crippen LogP contribution >= 0.6 is 0 Å². The van der Waals surface area contributed by atoms with Crippen molar-refractivity contribution in [1.82, 2.24) is 4.98 Å². The fourth-order valence-electron chi connectivity index (χ4n) is 0.983. The summed E-state index contributed by atoms with van der Waals surface area (Å²) in [6.07, 6.45) is -1.19. The van der Waals surface area contributed by atoms with Crippen LogP contribution in [0.1, 0.15) is 19.4 Å². The fraction of sp³-hybridized carbons (Fsp3) is 0.364. The van der Waals surface area contributed by atoms with Crippen LogP contribution < -0.4 is 0 Å². The van der Waals surface area contributed by atoms with Crippen LogP contribution in [-0.4, -0.2) is 11.2 Å². The zero-order valence-electron chi connectivity index (χ0n) is 9.01. The molecule has 5 heteroatoms. The molecular formula is C11H12F3NO. The van der Waals surface area contributed by atoms with E-state index in [0.29, 0.717) is 0 Å². The molecule has 0 aliphatic rings. The molecule has 1 aromatic rings. The Labute approximate surface area is 91.8 Å². The molecule has 0 fully saturated rings. The van der Waals surface area contributed by atoms with Gasteiger partial charge in [0, 0.05) is 18.0 Å². The van der Waals surface area contributed by atoms with E-state index < -0.39 is 11.7 Å². The minimum Gasteiger partial charge on any atom is -0.493 e. The first-order valence-corrected chi connectivity index (χ1v) is 4.67. The molecule has 0 atom stereocenters. The number of aromatic nitrogens is 1. The molecule has 1 aromatic heterocycles. The van der Waals surface area contributed by atoms with Gasteiger partial charge in [0.15, 0.2) is 0 Å². The first-order chi connectivity index (χ1) is 7.41. The van der Waals surface area contributed by atoms with Gasteiger partial charge in [0.05, 0.1) is 5.57 Å². The van der Waals surface area contributed by atoms with E-state index in [1.165, 1.54) is 6.92 Å². The lowest BCUT2D eigenvalue weighted by atomic mass is 10.2. The molecule has 0 aliphatic carbocycles. The topological polar surface area (TPSA) is 22.1 Å². The summed E-state index contributed by atoms with van der Waals surface area (Å²) in [7, 11) is 0. The Balaban J connectivity index is 2.63. The number of halogens is 3. The molecule has 0 unspecified atom stereocenters. The molecular weight excluding hydrogens is 219 g/mol. The molecule has 16 heavy (non-hydrogen) atoms. The lowest BCUT2D eigenvalue weighted by Crippen LogP contribution is -2.12. The maximum Gasteiger partial charge on any atom is 0.415 e. The van der Waals surface area contributed by atoms with Crippen molar-refractivity contribution < 1.29 is 17.9 Å². The predicted molar refractivity (Wildman–Crippen MR) is 53.5 cm³/mol.